The van der Waals surface area contributed by atoms with E-state index in [1.807, 2.05) is 20.8 Å². The van der Waals surface area contributed by atoms with Crippen LogP contribution in [-0.4, -0.2) is 28.4 Å². The Balaban J connectivity index is 3.54. The van der Waals surface area contributed by atoms with Gasteiger partial charge in [-0.3, -0.25) is 4.79 Å². The first-order valence-electron chi connectivity index (χ1n) is 5.36. The van der Waals surface area contributed by atoms with Gasteiger partial charge in [-0.05, 0) is 20.3 Å². The number of rotatable bonds is 7. The topological polar surface area (TPSA) is 35.5 Å². The summed E-state index contributed by atoms with van der Waals surface area (Å²) in [5.41, 5.74) is -0.0192. The van der Waals surface area contributed by atoms with Crippen LogP contribution in [0.2, 0.25) is 5.54 Å². The molecule has 0 saturated heterocycles. The van der Waals surface area contributed by atoms with Gasteiger partial charge in [0.2, 0.25) is 0 Å². The van der Waals surface area contributed by atoms with Crippen LogP contribution in [0.1, 0.15) is 40.5 Å². The lowest BCUT2D eigenvalue weighted by Gasteiger charge is -2.12. The van der Waals surface area contributed by atoms with E-state index < -0.39 is 9.76 Å². The van der Waals surface area contributed by atoms with Gasteiger partial charge >= 0.3 is 5.97 Å². The van der Waals surface area contributed by atoms with E-state index in [1.165, 1.54) is 0 Å². The van der Waals surface area contributed by atoms with Crippen LogP contribution >= 0.6 is 0 Å². The van der Waals surface area contributed by atoms with Gasteiger partial charge in [0.25, 0.3) is 0 Å². The molecule has 0 radical (unpaired) electrons. The number of hydrogen-bond acceptors (Lipinski definition) is 3. The summed E-state index contributed by atoms with van der Waals surface area (Å²) < 4.78 is 10.6. The highest BCUT2D eigenvalue weighted by atomic mass is 28.2. The molecule has 4 heteroatoms. The molecule has 0 aliphatic carbocycles. The van der Waals surface area contributed by atoms with E-state index in [9.17, 15) is 4.79 Å². The number of ether oxygens (including phenoxy) is 1. The molecule has 0 heterocycles. The second-order valence-corrected chi connectivity index (χ2v) is 5.70. The van der Waals surface area contributed by atoms with Gasteiger partial charge in [-0.1, -0.05) is 20.3 Å². The van der Waals surface area contributed by atoms with Gasteiger partial charge in [0.1, 0.15) is 0 Å². The first-order chi connectivity index (χ1) is 6.57. The number of esters is 1. The normalized spacial score (nSPS) is 13.8. The highest BCUT2D eigenvalue weighted by Crippen LogP contribution is 2.06. The maximum Gasteiger partial charge on any atom is 0.307 e. The molecule has 0 saturated carbocycles. The predicted octanol–water partition coefficient (Wildman–Crippen LogP) is 1.65. The predicted molar refractivity (Wildman–Crippen MR) is 60.1 cm³/mol. The summed E-state index contributed by atoms with van der Waals surface area (Å²) in [6.07, 6.45) is 2.24. The van der Waals surface area contributed by atoms with E-state index in [-0.39, 0.29) is 17.6 Å². The van der Waals surface area contributed by atoms with Crippen molar-refractivity contribution in [2.45, 2.75) is 52.2 Å². The molecule has 0 amide bonds. The zero-order valence-corrected chi connectivity index (χ0v) is 11.1. The van der Waals surface area contributed by atoms with Crippen molar-refractivity contribution in [3.8, 4) is 0 Å². The maximum atomic E-state index is 11.4. The van der Waals surface area contributed by atoms with Gasteiger partial charge in [-0.25, -0.2) is 0 Å². The summed E-state index contributed by atoms with van der Waals surface area (Å²) in [5, 5.41) is 0. The summed E-state index contributed by atoms with van der Waals surface area (Å²) in [5.74, 6) is -0.0919. The van der Waals surface area contributed by atoms with Crippen molar-refractivity contribution in [2.75, 3.05) is 6.61 Å². The SMILES string of the molecule is CCCCOC(=O)C(C)[SiH2]OC(C)C. The highest BCUT2D eigenvalue weighted by molar-refractivity contribution is 6.36. The van der Waals surface area contributed by atoms with Crippen molar-refractivity contribution < 1.29 is 14.0 Å². The molecular formula is C10H22O3Si. The van der Waals surface area contributed by atoms with Gasteiger partial charge in [0, 0.05) is 6.10 Å². The number of unbranched alkanes of at least 4 members (excludes halogenated alkanes) is 1. The van der Waals surface area contributed by atoms with Gasteiger partial charge in [-0.15, -0.1) is 0 Å². The highest BCUT2D eigenvalue weighted by Gasteiger charge is 2.15. The molecule has 0 aliphatic rings. The van der Waals surface area contributed by atoms with Crippen molar-refractivity contribution in [3.63, 3.8) is 0 Å². The van der Waals surface area contributed by atoms with Crippen LogP contribution in [-0.2, 0) is 14.0 Å². The smallest absolute Gasteiger partial charge is 0.307 e. The third-order valence-corrected chi connectivity index (χ3v) is 3.52. The van der Waals surface area contributed by atoms with Gasteiger partial charge < -0.3 is 9.16 Å². The van der Waals surface area contributed by atoms with E-state index in [0.717, 1.165) is 12.8 Å². The Kier molecular flexibility index (Phi) is 7.80. The van der Waals surface area contributed by atoms with E-state index in [4.69, 9.17) is 9.16 Å². The molecule has 14 heavy (non-hydrogen) atoms. The fourth-order valence-electron chi connectivity index (χ4n) is 0.864. The molecule has 1 atom stereocenters. The number of hydrogen-bond donors (Lipinski definition) is 0. The van der Waals surface area contributed by atoms with Crippen LogP contribution in [0, 0.1) is 0 Å². The minimum Gasteiger partial charge on any atom is -0.466 e. The molecule has 0 fully saturated rings. The van der Waals surface area contributed by atoms with E-state index in [1.54, 1.807) is 0 Å². The Hall–Kier alpha value is -0.353. The second kappa shape index (κ2) is 8.00. The molecule has 0 spiro atoms. The summed E-state index contributed by atoms with van der Waals surface area (Å²) in [7, 11) is -0.768. The molecule has 3 nitrogen and oxygen atoms in total. The largest absolute Gasteiger partial charge is 0.466 e. The zero-order valence-electron chi connectivity index (χ0n) is 9.71. The Labute approximate surface area is 89.1 Å². The van der Waals surface area contributed by atoms with Crippen molar-refractivity contribution in [1.82, 2.24) is 0 Å². The Morgan fingerprint density at radius 1 is 1.36 bits per heavy atom. The van der Waals surface area contributed by atoms with Crippen molar-refractivity contribution in [1.29, 1.82) is 0 Å². The Bertz CT molecular complexity index is 159. The molecule has 1 unspecified atom stereocenters. The summed E-state index contributed by atoms with van der Waals surface area (Å²) in [4.78, 5) is 11.4. The minimum absolute atomic E-state index is 0.0192. The van der Waals surface area contributed by atoms with Crippen molar-refractivity contribution >= 4 is 15.7 Å². The van der Waals surface area contributed by atoms with Crippen LogP contribution in [0.15, 0.2) is 0 Å². The molecule has 0 N–H and O–H groups in total. The summed E-state index contributed by atoms with van der Waals surface area (Å²) in [6, 6.07) is 0. The summed E-state index contributed by atoms with van der Waals surface area (Å²) in [6.45, 7) is 8.50. The minimum atomic E-state index is -0.768. The molecule has 0 aromatic carbocycles. The fraction of sp³-hybridized carbons (Fsp3) is 0.900. The molecule has 84 valence electrons. The molecule has 0 aromatic heterocycles. The van der Waals surface area contributed by atoms with Gasteiger partial charge in [0.15, 0.2) is 9.76 Å². The van der Waals surface area contributed by atoms with Crippen LogP contribution < -0.4 is 0 Å². The number of carbonyl (C=O) groups is 1. The monoisotopic (exact) mass is 218 g/mol. The lowest BCUT2D eigenvalue weighted by Crippen LogP contribution is -2.20. The number of carbonyl (C=O) groups excluding carboxylic acids is 1. The zero-order chi connectivity index (χ0) is 11.0. The fourth-order valence-corrected chi connectivity index (χ4v) is 1.79. The molecular weight excluding hydrogens is 196 g/mol. The molecule has 0 bridgehead atoms. The van der Waals surface area contributed by atoms with Crippen LogP contribution in [0.3, 0.4) is 0 Å². The lowest BCUT2D eigenvalue weighted by molar-refractivity contribution is -0.143. The lowest BCUT2D eigenvalue weighted by atomic mass is 10.4. The van der Waals surface area contributed by atoms with Gasteiger partial charge in [-0.2, -0.15) is 0 Å². The third-order valence-electron chi connectivity index (χ3n) is 1.82. The molecule has 0 rings (SSSR count). The Morgan fingerprint density at radius 2 is 2.00 bits per heavy atom. The third kappa shape index (κ3) is 7.09. The first kappa shape index (κ1) is 13.6. The standard InChI is InChI=1S/C10H22O3Si/c1-5-6-7-12-10(11)9(4)14-13-8(2)3/h8-9H,5-7,14H2,1-4H3. The van der Waals surface area contributed by atoms with Crippen molar-refractivity contribution in [2.24, 2.45) is 0 Å². The van der Waals surface area contributed by atoms with E-state index in [2.05, 4.69) is 6.92 Å². The molecule has 0 aromatic rings. The van der Waals surface area contributed by atoms with Crippen molar-refractivity contribution in [3.05, 3.63) is 0 Å². The maximum absolute atomic E-state index is 11.4. The second-order valence-electron chi connectivity index (χ2n) is 3.80. The van der Waals surface area contributed by atoms with E-state index >= 15 is 0 Å². The average Bonchev–Trinajstić information content (AvgIpc) is 2.14. The first-order valence-corrected chi connectivity index (χ1v) is 6.75. The van der Waals surface area contributed by atoms with Crippen LogP contribution in [0.25, 0.3) is 0 Å². The molecule has 0 aliphatic heterocycles. The summed E-state index contributed by atoms with van der Waals surface area (Å²) >= 11 is 0. The van der Waals surface area contributed by atoms with E-state index in [0.29, 0.717) is 6.61 Å². The quantitative estimate of drug-likeness (QED) is 0.370. The Morgan fingerprint density at radius 3 is 2.50 bits per heavy atom. The van der Waals surface area contributed by atoms with Gasteiger partial charge in [0.05, 0.1) is 12.1 Å². The average molecular weight is 218 g/mol. The van der Waals surface area contributed by atoms with Crippen LogP contribution in [0.5, 0.6) is 0 Å². The van der Waals surface area contributed by atoms with Crippen LogP contribution in [0.4, 0.5) is 0 Å².